The number of aromatic nitrogens is 2. The summed E-state index contributed by atoms with van der Waals surface area (Å²) in [5.74, 6) is 0. The molecule has 0 spiro atoms. The largest absolute Gasteiger partial charge is 0.462 e. The topological polar surface area (TPSA) is 94.4 Å². The first kappa shape index (κ1) is 14.3. The summed E-state index contributed by atoms with van der Waals surface area (Å²) in [6.45, 7) is 3.88. The standard InChI is InChI=1S/C13H16N2O5/c1-4-8-5-9(16)20-12-10(8)11(17)14-13(15-12)19-6-7(2)18-3/h5,7H,4,6H2,1-3H3,(H,14,15,17)/t7-/m0/s1. The molecule has 0 aliphatic rings. The molecule has 2 aromatic heterocycles. The van der Waals surface area contributed by atoms with Crippen LogP contribution in [0, 0.1) is 0 Å². The molecule has 1 N–H and O–H groups in total. The van der Waals surface area contributed by atoms with Crippen LogP contribution in [0.1, 0.15) is 19.4 Å². The fourth-order valence-corrected chi connectivity index (χ4v) is 1.74. The van der Waals surface area contributed by atoms with Crippen LogP contribution < -0.4 is 15.9 Å². The Labute approximate surface area is 114 Å². The maximum atomic E-state index is 12.0. The molecule has 0 amide bonds. The zero-order chi connectivity index (χ0) is 14.7. The highest BCUT2D eigenvalue weighted by atomic mass is 16.5. The van der Waals surface area contributed by atoms with Crippen molar-refractivity contribution in [3.05, 3.63) is 32.4 Å². The van der Waals surface area contributed by atoms with E-state index in [4.69, 9.17) is 13.9 Å². The number of nitrogens with one attached hydrogen (secondary N) is 1. The van der Waals surface area contributed by atoms with Gasteiger partial charge in [0.05, 0.1) is 6.10 Å². The van der Waals surface area contributed by atoms with Crippen LogP contribution in [-0.4, -0.2) is 29.8 Å². The van der Waals surface area contributed by atoms with E-state index >= 15 is 0 Å². The van der Waals surface area contributed by atoms with Crippen LogP contribution in [0.15, 0.2) is 20.1 Å². The smallest absolute Gasteiger partial charge is 0.337 e. The van der Waals surface area contributed by atoms with Crippen molar-refractivity contribution < 1.29 is 13.9 Å². The maximum absolute atomic E-state index is 12.0. The van der Waals surface area contributed by atoms with Crippen LogP contribution in [0.5, 0.6) is 6.01 Å². The monoisotopic (exact) mass is 280 g/mol. The summed E-state index contributed by atoms with van der Waals surface area (Å²) in [6.07, 6.45) is 0.387. The highest BCUT2D eigenvalue weighted by Gasteiger charge is 2.12. The average Bonchev–Trinajstić information content (AvgIpc) is 2.43. The molecule has 0 bridgehead atoms. The Balaban J connectivity index is 2.47. The van der Waals surface area contributed by atoms with Crippen molar-refractivity contribution in [1.29, 1.82) is 0 Å². The van der Waals surface area contributed by atoms with Crippen LogP contribution in [0.4, 0.5) is 0 Å². The molecule has 108 valence electrons. The maximum Gasteiger partial charge on any atom is 0.337 e. The second-order valence-electron chi connectivity index (χ2n) is 4.35. The van der Waals surface area contributed by atoms with E-state index in [2.05, 4.69) is 9.97 Å². The molecule has 0 aromatic carbocycles. The third-order valence-corrected chi connectivity index (χ3v) is 2.91. The highest BCUT2D eigenvalue weighted by Crippen LogP contribution is 2.13. The minimum absolute atomic E-state index is 0.00260. The second-order valence-corrected chi connectivity index (χ2v) is 4.35. The van der Waals surface area contributed by atoms with Crippen molar-refractivity contribution >= 4 is 11.1 Å². The Morgan fingerprint density at radius 3 is 2.85 bits per heavy atom. The third-order valence-electron chi connectivity index (χ3n) is 2.91. The van der Waals surface area contributed by atoms with E-state index in [0.717, 1.165) is 0 Å². The summed E-state index contributed by atoms with van der Waals surface area (Å²) in [5, 5.41) is 0.277. The molecule has 0 radical (unpaired) electrons. The summed E-state index contributed by atoms with van der Waals surface area (Å²) in [5.41, 5.74) is -0.348. The summed E-state index contributed by atoms with van der Waals surface area (Å²) in [4.78, 5) is 30.0. The van der Waals surface area contributed by atoms with E-state index < -0.39 is 11.2 Å². The van der Waals surface area contributed by atoms with Crippen molar-refractivity contribution in [2.75, 3.05) is 13.7 Å². The molecule has 0 aliphatic heterocycles. The number of methoxy groups -OCH3 is 1. The zero-order valence-electron chi connectivity index (χ0n) is 11.6. The number of hydrogen-bond donors (Lipinski definition) is 1. The SMILES string of the molecule is CCc1cc(=O)oc2nc(OC[C@H](C)OC)[nH]c(=O)c12. The lowest BCUT2D eigenvalue weighted by Crippen LogP contribution is -2.20. The van der Waals surface area contributed by atoms with Crippen molar-refractivity contribution in [1.82, 2.24) is 9.97 Å². The Hall–Kier alpha value is -2.15. The normalized spacial score (nSPS) is 12.6. The first-order valence-electron chi connectivity index (χ1n) is 6.27. The van der Waals surface area contributed by atoms with Gasteiger partial charge in [0.2, 0.25) is 5.71 Å². The van der Waals surface area contributed by atoms with Gasteiger partial charge in [-0.3, -0.25) is 9.78 Å². The summed E-state index contributed by atoms with van der Waals surface area (Å²) < 4.78 is 15.3. The van der Waals surface area contributed by atoms with Crippen molar-refractivity contribution in [3.8, 4) is 6.01 Å². The van der Waals surface area contributed by atoms with Crippen LogP contribution in [0.25, 0.3) is 11.1 Å². The van der Waals surface area contributed by atoms with Gasteiger partial charge in [-0.25, -0.2) is 4.79 Å². The predicted molar refractivity (Wildman–Crippen MR) is 72.2 cm³/mol. The minimum Gasteiger partial charge on any atom is -0.462 e. The molecule has 0 saturated heterocycles. The average molecular weight is 280 g/mol. The van der Waals surface area contributed by atoms with E-state index in [0.29, 0.717) is 12.0 Å². The van der Waals surface area contributed by atoms with Crippen LogP contribution in [0.2, 0.25) is 0 Å². The van der Waals surface area contributed by atoms with Crippen LogP contribution >= 0.6 is 0 Å². The molecule has 1 atom stereocenters. The molecule has 2 heterocycles. The third kappa shape index (κ3) is 2.88. The Morgan fingerprint density at radius 2 is 2.20 bits per heavy atom. The van der Waals surface area contributed by atoms with E-state index in [1.807, 2.05) is 13.8 Å². The summed E-state index contributed by atoms with van der Waals surface area (Å²) in [6, 6.07) is 1.30. The number of nitrogens with zero attached hydrogens (tertiary/aromatic N) is 1. The summed E-state index contributed by atoms with van der Waals surface area (Å²) >= 11 is 0. The van der Waals surface area contributed by atoms with Gasteiger partial charge in [0.1, 0.15) is 12.0 Å². The van der Waals surface area contributed by atoms with Crippen molar-refractivity contribution in [3.63, 3.8) is 0 Å². The lowest BCUT2D eigenvalue weighted by molar-refractivity contribution is 0.0679. The number of H-pyrrole nitrogens is 1. The molecule has 20 heavy (non-hydrogen) atoms. The lowest BCUT2D eigenvalue weighted by atomic mass is 10.1. The molecule has 2 aromatic rings. The van der Waals surface area contributed by atoms with Gasteiger partial charge in [0.25, 0.3) is 11.6 Å². The van der Waals surface area contributed by atoms with Gasteiger partial charge in [0.15, 0.2) is 0 Å². The Bertz CT molecular complexity index is 719. The molecular weight excluding hydrogens is 264 g/mol. The molecule has 0 saturated carbocycles. The van der Waals surface area contributed by atoms with Crippen LogP contribution in [0.3, 0.4) is 0 Å². The number of hydrogen-bond acceptors (Lipinski definition) is 6. The first-order chi connectivity index (χ1) is 9.55. The molecule has 0 unspecified atom stereocenters. The molecule has 7 nitrogen and oxygen atoms in total. The molecule has 0 aliphatic carbocycles. The fourth-order valence-electron chi connectivity index (χ4n) is 1.74. The number of aryl methyl sites for hydroxylation is 1. The zero-order valence-corrected chi connectivity index (χ0v) is 11.6. The number of ether oxygens (including phenoxy) is 2. The van der Waals surface area contributed by atoms with Gasteiger partial charge in [-0.15, -0.1) is 0 Å². The van der Waals surface area contributed by atoms with Gasteiger partial charge in [0, 0.05) is 13.2 Å². The van der Waals surface area contributed by atoms with Crippen LogP contribution in [-0.2, 0) is 11.2 Å². The minimum atomic E-state index is -0.538. The van der Waals surface area contributed by atoms with Crippen molar-refractivity contribution in [2.45, 2.75) is 26.4 Å². The van der Waals surface area contributed by atoms with E-state index in [1.54, 1.807) is 7.11 Å². The lowest BCUT2D eigenvalue weighted by Gasteiger charge is -2.10. The van der Waals surface area contributed by atoms with Gasteiger partial charge >= 0.3 is 5.63 Å². The number of fused-ring (bicyclic) bond motifs is 1. The molecule has 7 heteroatoms. The molecular formula is C13H16N2O5. The highest BCUT2D eigenvalue weighted by molar-refractivity contribution is 5.75. The second kappa shape index (κ2) is 5.87. The van der Waals surface area contributed by atoms with E-state index in [1.165, 1.54) is 6.07 Å². The van der Waals surface area contributed by atoms with Gasteiger partial charge < -0.3 is 13.9 Å². The summed E-state index contributed by atoms with van der Waals surface area (Å²) in [7, 11) is 1.55. The molecule has 0 fully saturated rings. The van der Waals surface area contributed by atoms with E-state index in [-0.39, 0.29) is 29.8 Å². The van der Waals surface area contributed by atoms with E-state index in [9.17, 15) is 9.59 Å². The van der Waals surface area contributed by atoms with Gasteiger partial charge in [-0.05, 0) is 18.9 Å². The van der Waals surface area contributed by atoms with Crippen molar-refractivity contribution in [2.24, 2.45) is 0 Å². The predicted octanol–water partition coefficient (Wildman–Crippen LogP) is 0.852. The quantitative estimate of drug-likeness (QED) is 0.872. The van der Waals surface area contributed by atoms with Gasteiger partial charge in [-0.1, -0.05) is 6.92 Å². The van der Waals surface area contributed by atoms with Gasteiger partial charge in [-0.2, -0.15) is 4.98 Å². The fraction of sp³-hybridized carbons (Fsp3) is 0.462. The Kier molecular flexibility index (Phi) is 4.19. The Morgan fingerprint density at radius 1 is 1.45 bits per heavy atom. The number of rotatable bonds is 5. The molecule has 2 rings (SSSR count). The number of aromatic amines is 1. The first-order valence-corrected chi connectivity index (χ1v) is 6.27.